The number of hydrogen-bond donors (Lipinski definition) is 0. The van der Waals surface area contributed by atoms with Gasteiger partial charge in [-0.05, 0) is 29.2 Å². The van der Waals surface area contributed by atoms with Crippen LogP contribution in [0.3, 0.4) is 0 Å². The van der Waals surface area contributed by atoms with Crippen molar-refractivity contribution in [2.75, 3.05) is 31.1 Å². The molecular formula is C21H17ClFN3OS. The number of anilines is 1. The summed E-state index contributed by atoms with van der Waals surface area (Å²) in [6.07, 6.45) is 1.36. The number of hydrogen-bond acceptors (Lipinski definition) is 4. The number of carbonyl (C=O) groups is 1. The van der Waals surface area contributed by atoms with Crippen molar-refractivity contribution in [3.63, 3.8) is 0 Å². The van der Waals surface area contributed by atoms with E-state index in [0.29, 0.717) is 16.1 Å². The average Bonchev–Trinajstić information content (AvgIpc) is 3.04. The van der Waals surface area contributed by atoms with Gasteiger partial charge in [-0.2, -0.15) is 4.37 Å². The van der Waals surface area contributed by atoms with Gasteiger partial charge in [0.05, 0.1) is 5.02 Å². The second-order valence-corrected chi connectivity index (χ2v) is 8.71. The summed E-state index contributed by atoms with van der Waals surface area (Å²) in [5.41, 5.74) is 1.64. The summed E-state index contributed by atoms with van der Waals surface area (Å²) in [5.74, 6) is -0.396. The van der Waals surface area contributed by atoms with Crippen LogP contribution in [0.1, 0.15) is 0 Å². The van der Waals surface area contributed by atoms with Gasteiger partial charge in [0.15, 0.2) is 5.82 Å². The highest BCUT2D eigenvalue weighted by Gasteiger charge is 2.53. The molecule has 142 valence electrons. The molecule has 3 aromatic rings. The summed E-state index contributed by atoms with van der Waals surface area (Å²) in [7, 11) is 0. The number of halogens is 2. The summed E-state index contributed by atoms with van der Waals surface area (Å²) in [5, 5.41) is 2.08. The summed E-state index contributed by atoms with van der Waals surface area (Å²) < 4.78 is 19.6. The van der Waals surface area contributed by atoms with Crippen molar-refractivity contribution in [3.8, 4) is 11.1 Å². The Balaban J connectivity index is 1.43. The molecule has 2 fully saturated rings. The normalized spacial score (nSPS) is 17.5. The molecule has 0 unspecified atom stereocenters. The van der Waals surface area contributed by atoms with Crippen LogP contribution in [0.25, 0.3) is 22.0 Å². The van der Waals surface area contributed by atoms with Gasteiger partial charge in [0, 0.05) is 42.5 Å². The lowest BCUT2D eigenvalue weighted by atomic mass is 9.73. The smallest absolute Gasteiger partial charge is 0.245 e. The van der Waals surface area contributed by atoms with Gasteiger partial charge >= 0.3 is 0 Å². The lowest BCUT2D eigenvalue weighted by molar-refractivity contribution is -0.139. The van der Waals surface area contributed by atoms with Crippen LogP contribution < -0.4 is 4.90 Å². The fourth-order valence-electron chi connectivity index (χ4n) is 4.25. The Hall–Kier alpha value is -2.44. The van der Waals surface area contributed by atoms with Crippen LogP contribution >= 0.6 is 23.1 Å². The lowest BCUT2D eigenvalue weighted by Crippen LogP contribution is -2.72. The Morgan fingerprint density at radius 2 is 1.96 bits per heavy atom. The van der Waals surface area contributed by atoms with Crippen LogP contribution in [0.5, 0.6) is 0 Å². The summed E-state index contributed by atoms with van der Waals surface area (Å²) in [6.45, 7) is 6.71. The molecule has 0 N–H and O–H groups in total. The molecule has 1 amide bonds. The summed E-state index contributed by atoms with van der Waals surface area (Å²) in [6, 6.07) is 11.1. The standard InChI is InChI=1S/C21H17ClFN3OS/c1-2-16(27)25-9-21(10-25)11-26(12-21)20-14-8-15(22)17(13-6-4-3-5-7-13)18(23)19(14)24-28-20/h2-8H,1,9-12H2. The molecule has 1 spiro atoms. The number of benzene rings is 2. The molecule has 5 rings (SSSR count). The molecule has 1 aromatic heterocycles. The molecule has 0 atom stereocenters. The first kappa shape index (κ1) is 17.6. The third-order valence-electron chi connectivity index (χ3n) is 5.59. The van der Waals surface area contributed by atoms with E-state index in [1.54, 1.807) is 4.90 Å². The maximum atomic E-state index is 15.2. The first-order valence-electron chi connectivity index (χ1n) is 9.00. The predicted molar refractivity (Wildman–Crippen MR) is 111 cm³/mol. The highest BCUT2D eigenvalue weighted by atomic mass is 35.5. The van der Waals surface area contributed by atoms with E-state index in [1.165, 1.54) is 17.6 Å². The number of carbonyl (C=O) groups excluding carboxylic acids is 1. The molecule has 2 aromatic carbocycles. The fourth-order valence-corrected chi connectivity index (χ4v) is 5.41. The number of rotatable bonds is 3. The molecule has 2 aliphatic heterocycles. The Morgan fingerprint density at radius 1 is 1.25 bits per heavy atom. The van der Waals surface area contributed by atoms with E-state index < -0.39 is 0 Å². The average molecular weight is 414 g/mol. The zero-order chi connectivity index (χ0) is 19.5. The number of amides is 1. The van der Waals surface area contributed by atoms with Gasteiger partial charge in [-0.25, -0.2) is 4.39 Å². The minimum absolute atomic E-state index is 0.0189. The Labute approximate surface area is 171 Å². The van der Waals surface area contributed by atoms with E-state index in [4.69, 9.17) is 11.6 Å². The molecule has 0 aliphatic carbocycles. The summed E-state index contributed by atoms with van der Waals surface area (Å²) in [4.78, 5) is 15.7. The van der Waals surface area contributed by atoms with Crippen molar-refractivity contribution in [1.82, 2.24) is 9.27 Å². The van der Waals surface area contributed by atoms with Crippen molar-refractivity contribution in [1.29, 1.82) is 0 Å². The molecule has 0 saturated carbocycles. The van der Waals surface area contributed by atoms with E-state index in [9.17, 15) is 4.79 Å². The Bertz CT molecular complexity index is 1100. The van der Waals surface area contributed by atoms with E-state index in [0.717, 1.165) is 42.1 Å². The maximum Gasteiger partial charge on any atom is 0.245 e. The van der Waals surface area contributed by atoms with Crippen LogP contribution in [0.4, 0.5) is 9.39 Å². The SMILES string of the molecule is C=CC(=O)N1CC2(C1)CN(c1snc3c(F)c(-c4ccccc4)c(Cl)cc13)C2. The molecule has 28 heavy (non-hydrogen) atoms. The van der Waals surface area contributed by atoms with Crippen LogP contribution in [0, 0.1) is 11.2 Å². The second kappa shape index (κ2) is 6.29. The molecule has 7 heteroatoms. The van der Waals surface area contributed by atoms with Crippen molar-refractivity contribution in [2.45, 2.75) is 0 Å². The monoisotopic (exact) mass is 413 g/mol. The van der Waals surface area contributed by atoms with Gasteiger partial charge in [-0.3, -0.25) is 4.79 Å². The minimum Gasteiger partial charge on any atom is -0.360 e. The van der Waals surface area contributed by atoms with Crippen LogP contribution in [-0.2, 0) is 4.79 Å². The molecule has 2 aliphatic rings. The van der Waals surface area contributed by atoms with Crippen LogP contribution in [-0.4, -0.2) is 41.4 Å². The molecular weight excluding hydrogens is 397 g/mol. The van der Waals surface area contributed by atoms with Crippen LogP contribution in [0.15, 0.2) is 49.1 Å². The van der Waals surface area contributed by atoms with Gasteiger partial charge in [0.25, 0.3) is 0 Å². The number of aromatic nitrogens is 1. The highest BCUT2D eigenvalue weighted by Crippen LogP contribution is 2.47. The fraction of sp³-hybridized carbons (Fsp3) is 0.238. The topological polar surface area (TPSA) is 36.4 Å². The second-order valence-electron chi connectivity index (χ2n) is 7.55. The Morgan fingerprint density at radius 3 is 2.64 bits per heavy atom. The number of likely N-dealkylation sites (tertiary alicyclic amines) is 1. The molecule has 2 saturated heterocycles. The van der Waals surface area contributed by atoms with E-state index >= 15 is 4.39 Å². The van der Waals surface area contributed by atoms with Gasteiger partial charge in [0.2, 0.25) is 5.91 Å². The zero-order valence-electron chi connectivity index (χ0n) is 15.0. The van der Waals surface area contributed by atoms with Crippen molar-refractivity contribution in [2.24, 2.45) is 5.41 Å². The predicted octanol–water partition coefficient (Wildman–Crippen LogP) is 4.59. The lowest BCUT2D eigenvalue weighted by Gasteiger charge is -2.60. The highest BCUT2D eigenvalue weighted by molar-refractivity contribution is 7.11. The maximum absolute atomic E-state index is 15.2. The third-order valence-corrected chi connectivity index (χ3v) is 6.81. The molecule has 3 heterocycles. The quantitative estimate of drug-likeness (QED) is 0.589. The van der Waals surface area contributed by atoms with Gasteiger partial charge in [0.1, 0.15) is 10.5 Å². The molecule has 4 nitrogen and oxygen atoms in total. The summed E-state index contributed by atoms with van der Waals surface area (Å²) >= 11 is 7.77. The Kier molecular flexibility index (Phi) is 3.96. The van der Waals surface area contributed by atoms with Gasteiger partial charge < -0.3 is 9.80 Å². The van der Waals surface area contributed by atoms with Gasteiger partial charge in [-0.1, -0.05) is 48.5 Å². The van der Waals surface area contributed by atoms with E-state index in [2.05, 4.69) is 15.9 Å². The van der Waals surface area contributed by atoms with Crippen molar-refractivity contribution in [3.05, 3.63) is 59.9 Å². The largest absolute Gasteiger partial charge is 0.360 e. The van der Waals surface area contributed by atoms with Gasteiger partial charge in [-0.15, -0.1) is 0 Å². The van der Waals surface area contributed by atoms with Crippen molar-refractivity contribution >= 4 is 44.9 Å². The molecule has 0 bridgehead atoms. The van der Waals surface area contributed by atoms with E-state index in [1.807, 2.05) is 36.4 Å². The third kappa shape index (κ3) is 2.55. The first-order chi connectivity index (χ1) is 13.5. The number of nitrogens with zero attached hydrogens (tertiary/aromatic N) is 3. The number of fused-ring (bicyclic) bond motifs is 1. The van der Waals surface area contributed by atoms with Crippen molar-refractivity contribution < 1.29 is 9.18 Å². The zero-order valence-corrected chi connectivity index (χ0v) is 16.6. The first-order valence-corrected chi connectivity index (χ1v) is 10.2. The van der Waals surface area contributed by atoms with E-state index in [-0.39, 0.29) is 17.1 Å². The van der Waals surface area contributed by atoms with Crippen LogP contribution in [0.2, 0.25) is 5.02 Å². The minimum atomic E-state index is -0.377. The molecule has 0 radical (unpaired) electrons.